The van der Waals surface area contributed by atoms with Gasteiger partial charge in [-0.15, -0.1) is 0 Å². The molecule has 0 radical (unpaired) electrons. The first kappa shape index (κ1) is 93.1. The number of hydrogen-bond donors (Lipinski definition) is 0. The Hall–Kier alpha value is -17.2. The Morgan fingerprint density at radius 3 is 0.424 bits per heavy atom. The molecule has 0 saturated carbocycles. The fourth-order valence-corrected chi connectivity index (χ4v) is 18.9. The van der Waals surface area contributed by atoms with Crippen LogP contribution in [0, 0.1) is 0 Å². The minimum Gasteiger partial charge on any atom is -0.493 e. The van der Waals surface area contributed by atoms with Crippen molar-refractivity contribution in [2.24, 2.45) is 0 Å². The molecule has 1 aliphatic carbocycles. The molecule has 20 aromatic rings. The normalized spacial score (nSPS) is 11.7. The lowest BCUT2D eigenvalue weighted by atomic mass is 9.86. The SMILES string of the molecule is CCCCOc1c2cc(-c3ccc(-c4cc(-c5ccccn5)nc(-c5ccccn5)c4)cc3)cc1Cc1cc(-c3ccc(-c4cc(-c5ccccn5)nc(-c5ccccn5)c4)cc3)cc(c1OCCCC)Cc1cc(-c3ccc(-c4cc(-c5ccccn5)nc(-c5ccccn5)c4)cc3)cc(c1OCCCC)Cc1cc(-c3ccc(-c4cc(-c5ccccn5)nc(-c5ccccn5)c4)cc3)cc(c1OCCCC)C2. The third-order valence-corrected chi connectivity index (χ3v) is 26.4. The molecule has 12 heterocycles. The van der Waals surface area contributed by atoms with E-state index in [-0.39, 0.29) is 0 Å². The Morgan fingerprint density at radius 2 is 0.299 bits per heavy atom. The van der Waals surface area contributed by atoms with Gasteiger partial charge in [0.05, 0.1) is 118 Å². The zero-order valence-electron chi connectivity index (χ0n) is 81.3. The van der Waals surface area contributed by atoms with Gasteiger partial charge in [-0.25, -0.2) is 19.9 Å². The molecule has 1 aliphatic rings. The van der Waals surface area contributed by atoms with Crippen LogP contribution in [-0.4, -0.2) is 86.2 Å². The van der Waals surface area contributed by atoms with Gasteiger partial charge in [-0.3, -0.25) is 39.9 Å². The summed E-state index contributed by atoms with van der Waals surface area (Å²) in [7, 11) is 0. The summed E-state index contributed by atoms with van der Waals surface area (Å²) in [5.41, 5.74) is 36.7. The van der Waals surface area contributed by atoms with Gasteiger partial charge in [0.25, 0.3) is 0 Å². The molecule has 16 heteroatoms. The number of nitrogens with zero attached hydrogens (tertiary/aromatic N) is 12. The molecule has 0 fully saturated rings. The molecule has 8 bridgehead atoms. The van der Waals surface area contributed by atoms with E-state index in [2.05, 4.69) is 222 Å². The number of pyridine rings is 12. The van der Waals surface area contributed by atoms with Gasteiger partial charge in [-0.1, -0.05) is 199 Å². The third-order valence-electron chi connectivity index (χ3n) is 26.4. The van der Waals surface area contributed by atoms with Crippen LogP contribution < -0.4 is 18.9 Å². The fourth-order valence-electron chi connectivity index (χ4n) is 18.9. The van der Waals surface area contributed by atoms with Crippen LogP contribution in [0.15, 0.2) is 389 Å². The molecule has 12 aromatic heterocycles. The Morgan fingerprint density at radius 1 is 0.160 bits per heavy atom. The highest BCUT2D eigenvalue weighted by Crippen LogP contribution is 2.48. The van der Waals surface area contributed by atoms with E-state index in [1.54, 1.807) is 0 Å². The van der Waals surface area contributed by atoms with Crippen LogP contribution in [0.2, 0.25) is 0 Å². The van der Waals surface area contributed by atoms with Gasteiger partial charge in [-0.05, 0) is 353 Å². The lowest BCUT2D eigenvalue weighted by molar-refractivity contribution is 0.297. The summed E-state index contributed by atoms with van der Waals surface area (Å²) in [6.07, 6.45) is 23.3. The Kier molecular flexibility index (Phi) is 28.5. The van der Waals surface area contributed by atoms with Gasteiger partial charge in [0.2, 0.25) is 0 Å². The number of hydrogen-bond acceptors (Lipinski definition) is 16. The van der Waals surface area contributed by atoms with Crippen LogP contribution in [-0.2, 0) is 25.7 Å². The maximum absolute atomic E-state index is 7.61. The summed E-state index contributed by atoms with van der Waals surface area (Å²) < 4.78 is 30.4. The number of unbranched alkanes of at least 4 members (excludes halogenated alkanes) is 4. The zero-order chi connectivity index (χ0) is 97.3. The average Bonchev–Trinajstić information content (AvgIpc) is 0.766. The van der Waals surface area contributed by atoms with Crippen LogP contribution in [0.4, 0.5) is 0 Å². The molecule has 0 spiro atoms. The lowest BCUT2D eigenvalue weighted by Crippen LogP contribution is -2.11. The molecule has 0 amide bonds. The Balaban J connectivity index is 0.790. The number of fused-ring (bicyclic) bond motifs is 8. The van der Waals surface area contributed by atoms with E-state index in [4.69, 9.17) is 78.8 Å². The van der Waals surface area contributed by atoms with Crippen molar-refractivity contribution in [2.75, 3.05) is 26.4 Å². The minimum absolute atomic E-state index is 0.428. The van der Waals surface area contributed by atoms with Gasteiger partial charge < -0.3 is 18.9 Å². The molecule has 144 heavy (non-hydrogen) atoms. The van der Waals surface area contributed by atoms with Crippen molar-refractivity contribution in [3.8, 4) is 203 Å². The van der Waals surface area contributed by atoms with Crippen molar-refractivity contribution >= 4 is 0 Å². The van der Waals surface area contributed by atoms with Crippen molar-refractivity contribution in [2.45, 2.75) is 105 Å². The van der Waals surface area contributed by atoms with E-state index in [9.17, 15) is 0 Å². The largest absolute Gasteiger partial charge is 0.493 e. The second kappa shape index (κ2) is 44.1. The second-order valence-corrected chi connectivity index (χ2v) is 36.5. The molecular weight excluding hydrogens is 1770 g/mol. The van der Waals surface area contributed by atoms with E-state index in [0.29, 0.717) is 52.1 Å². The van der Waals surface area contributed by atoms with E-state index >= 15 is 0 Å². The van der Waals surface area contributed by atoms with E-state index < -0.39 is 0 Å². The topological polar surface area (TPSA) is 192 Å². The quantitative estimate of drug-likeness (QED) is 0.0361. The fraction of sp³-hybridized carbons (Fsp3) is 0.156. The summed E-state index contributed by atoms with van der Waals surface area (Å²) in [4.78, 5) is 59.1. The lowest BCUT2D eigenvalue weighted by Gasteiger charge is -2.25. The average molecular weight is 1880 g/mol. The Bertz CT molecular complexity index is 6600. The monoisotopic (exact) mass is 1880 g/mol. The standard InChI is InChI=1S/C128H108N12O4/c1-5-9-61-141-125-101-65-93(85-37-45-89(46-38-85)97-77-117(109-29-13-21-53-129-109)137-118(78-97)110-30-14-22-54-130-110)66-102(125)74-104-68-95(87-41-49-91(50-42-87)99-81-121(113-33-17-25-57-133-113)139-122(82-99)114-34-18-26-58-134-114)70-106(127(104)143-63-11-7-3)76-108-72-96(88-43-51-92(52-44-88)100-83-123(115-35-19-27-59-135-115)140-124(84-100)116-36-20-28-60-136-116)71-107(128(108)144-64-12-8-4)75-105-69-94(67-103(73-101)126(105)142-62-10-6-2)86-39-47-90(48-40-86)98-79-119(111-31-15-23-55-131-111)138-120(80-98)112-32-16-24-56-132-112/h13-60,65-72,77-84H,5-12,61-64,73-76H2,1-4H3. The summed E-state index contributed by atoms with van der Waals surface area (Å²) in [6.45, 7) is 10.9. The maximum atomic E-state index is 7.61. The second-order valence-electron chi connectivity index (χ2n) is 36.5. The zero-order valence-corrected chi connectivity index (χ0v) is 81.3. The molecule has 0 aliphatic heterocycles. The smallest absolute Gasteiger partial charge is 0.126 e. The summed E-state index contributed by atoms with van der Waals surface area (Å²) in [5.74, 6) is 3.34. The highest BCUT2D eigenvalue weighted by molar-refractivity contribution is 5.85. The molecule has 0 unspecified atom stereocenters. The molecule has 0 saturated heterocycles. The van der Waals surface area contributed by atoms with Crippen LogP contribution in [0.1, 0.15) is 124 Å². The summed E-state index contributed by atoms with van der Waals surface area (Å²) in [6, 6.07) is 120. The number of aromatic nitrogens is 12. The van der Waals surface area contributed by atoms with Crippen LogP contribution in [0.25, 0.3) is 180 Å². The first-order chi connectivity index (χ1) is 71.1. The first-order valence-electron chi connectivity index (χ1n) is 50.1. The van der Waals surface area contributed by atoms with Gasteiger partial charge in [0.1, 0.15) is 23.0 Å². The number of ether oxygens (including phenoxy) is 4. The number of rotatable bonds is 32. The Labute approximate surface area is 841 Å². The van der Waals surface area contributed by atoms with Crippen molar-refractivity contribution in [3.63, 3.8) is 0 Å². The van der Waals surface area contributed by atoms with Crippen molar-refractivity contribution in [3.05, 3.63) is 434 Å². The minimum atomic E-state index is 0.428. The van der Waals surface area contributed by atoms with Gasteiger partial charge in [0, 0.05) is 75.3 Å². The third kappa shape index (κ3) is 21.4. The van der Waals surface area contributed by atoms with Crippen molar-refractivity contribution < 1.29 is 18.9 Å². The molecule has 0 N–H and O–H groups in total. The molecule has 16 nitrogen and oxygen atoms in total. The molecule has 0 atom stereocenters. The summed E-state index contributed by atoms with van der Waals surface area (Å²) >= 11 is 0. The maximum Gasteiger partial charge on any atom is 0.126 e. The molecule has 8 aromatic carbocycles. The predicted molar refractivity (Wildman–Crippen MR) is 579 cm³/mol. The predicted octanol–water partition coefficient (Wildman–Crippen LogP) is 30.5. The molecule has 704 valence electrons. The highest BCUT2D eigenvalue weighted by atomic mass is 16.5. The van der Waals surface area contributed by atoms with E-state index in [1.165, 1.54) is 0 Å². The van der Waals surface area contributed by atoms with E-state index in [0.717, 1.165) is 299 Å². The first-order valence-corrected chi connectivity index (χ1v) is 50.1. The highest BCUT2D eigenvalue weighted by Gasteiger charge is 2.29. The summed E-state index contributed by atoms with van der Waals surface area (Å²) in [5, 5.41) is 0. The van der Waals surface area contributed by atoms with Crippen LogP contribution in [0.5, 0.6) is 23.0 Å². The molecule has 21 rings (SSSR count). The van der Waals surface area contributed by atoms with Crippen molar-refractivity contribution in [1.82, 2.24) is 59.8 Å². The van der Waals surface area contributed by atoms with Crippen molar-refractivity contribution in [1.29, 1.82) is 0 Å². The van der Waals surface area contributed by atoms with Crippen LogP contribution >= 0.6 is 0 Å². The molecular formula is C128H108N12O4. The number of benzene rings is 8. The van der Waals surface area contributed by atoms with Gasteiger partial charge in [-0.2, -0.15) is 0 Å². The van der Waals surface area contributed by atoms with Gasteiger partial charge >= 0.3 is 0 Å². The van der Waals surface area contributed by atoms with Crippen LogP contribution in [0.3, 0.4) is 0 Å². The van der Waals surface area contributed by atoms with Gasteiger partial charge in [0.15, 0.2) is 0 Å². The van der Waals surface area contributed by atoms with E-state index in [1.807, 2.05) is 195 Å².